The molecule has 3 aromatic rings. The summed E-state index contributed by atoms with van der Waals surface area (Å²) >= 11 is 0. The molecule has 0 spiro atoms. The van der Waals surface area contributed by atoms with Gasteiger partial charge in [0.1, 0.15) is 11.3 Å². The largest absolute Gasteiger partial charge is 0.355 e. The van der Waals surface area contributed by atoms with Crippen molar-refractivity contribution in [3.8, 4) is 5.69 Å². The first-order valence-corrected chi connectivity index (χ1v) is 6.33. The summed E-state index contributed by atoms with van der Waals surface area (Å²) in [5.41, 5.74) is 3.25. The number of hydrogen-bond donors (Lipinski definition) is 1. The molecule has 5 nitrogen and oxygen atoms in total. The van der Waals surface area contributed by atoms with Crippen LogP contribution < -0.4 is 5.32 Å². The normalized spacial score (nSPS) is 10.7. The number of carbonyl (C=O) groups excluding carboxylic acids is 1. The number of nitrogens with zero attached hydrogens (tertiary/aromatic N) is 3. The predicted molar refractivity (Wildman–Crippen MR) is 77.0 cm³/mol. The van der Waals surface area contributed by atoms with Gasteiger partial charge in [-0.15, -0.1) is 0 Å². The second kappa shape index (κ2) is 4.77. The number of benzene rings is 1. The van der Waals surface area contributed by atoms with E-state index in [1.165, 1.54) is 0 Å². The lowest BCUT2D eigenvalue weighted by Gasteiger charge is -2.07. The Balaban J connectivity index is 2.11. The van der Waals surface area contributed by atoms with Crippen molar-refractivity contribution >= 4 is 17.1 Å². The topological polar surface area (TPSA) is 59.8 Å². The SMILES string of the molecule is CNC(=O)c1ccc(-n2c(C)nc3cccnc32)cc1. The number of nitrogens with one attached hydrogen (secondary N) is 1. The fourth-order valence-electron chi connectivity index (χ4n) is 2.24. The quantitative estimate of drug-likeness (QED) is 0.772. The number of aromatic nitrogens is 3. The first kappa shape index (κ1) is 12.3. The van der Waals surface area contributed by atoms with Crippen molar-refractivity contribution in [1.82, 2.24) is 19.9 Å². The molecule has 3 rings (SSSR count). The van der Waals surface area contributed by atoms with Gasteiger partial charge in [-0.1, -0.05) is 0 Å². The fraction of sp³-hybridized carbons (Fsp3) is 0.133. The Morgan fingerprint density at radius 2 is 1.95 bits per heavy atom. The molecule has 0 saturated carbocycles. The van der Waals surface area contributed by atoms with Gasteiger partial charge < -0.3 is 5.32 Å². The minimum atomic E-state index is -0.0955. The third kappa shape index (κ3) is 1.93. The molecule has 0 unspecified atom stereocenters. The van der Waals surface area contributed by atoms with Gasteiger partial charge in [0.25, 0.3) is 5.91 Å². The van der Waals surface area contributed by atoms with Crippen LogP contribution in [0, 0.1) is 6.92 Å². The average Bonchev–Trinajstić information content (AvgIpc) is 2.82. The van der Waals surface area contributed by atoms with Crippen LogP contribution >= 0.6 is 0 Å². The van der Waals surface area contributed by atoms with Crippen LogP contribution in [0.5, 0.6) is 0 Å². The summed E-state index contributed by atoms with van der Waals surface area (Å²) in [6.07, 6.45) is 1.75. The maximum atomic E-state index is 11.5. The van der Waals surface area contributed by atoms with Gasteiger partial charge in [0.2, 0.25) is 0 Å². The van der Waals surface area contributed by atoms with E-state index in [4.69, 9.17) is 0 Å². The van der Waals surface area contributed by atoms with Gasteiger partial charge >= 0.3 is 0 Å². The highest BCUT2D eigenvalue weighted by Crippen LogP contribution is 2.19. The van der Waals surface area contributed by atoms with E-state index in [2.05, 4.69) is 15.3 Å². The van der Waals surface area contributed by atoms with Gasteiger partial charge in [0.05, 0.1) is 0 Å². The molecule has 2 aromatic heterocycles. The summed E-state index contributed by atoms with van der Waals surface area (Å²) in [6.45, 7) is 1.94. The lowest BCUT2D eigenvalue weighted by Crippen LogP contribution is -2.17. The zero-order valence-electron chi connectivity index (χ0n) is 11.3. The molecule has 20 heavy (non-hydrogen) atoms. The van der Waals surface area contributed by atoms with E-state index in [9.17, 15) is 4.79 Å². The van der Waals surface area contributed by atoms with Gasteiger partial charge in [0, 0.05) is 24.5 Å². The maximum absolute atomic E-state index is 11.5. The number of hydrogen-bond acceptors (Lipinski definition) is 3. The predicted octanol–water partition coefficient (Wildman–Crippen LogP) is 2.09. The molecule has 0 atom stereocenters. The van der Waals surface area contributed by atoms with E-state index < -0.39 is 0 Å². The van der Waals surface area contributed by atoms with Gasteiger partial charge in [-0.05, 0) is 43.3 Å². The number of carbonyl (C=O) groups is 1. The van der Waals surface area contributed by atoms with Crippen LogP contribution in [0.4, 0.5) is 0 Å². The van der Waals surface area contributed by atoms with Crippen LogP contribution in [0.1, 0.15) is 16.2 Å². The lowest BCUT2D eigenvalue weighted by atomic mass is 10.2. The molecule has 1 aromatic carbocycles. The Morgan fingerprint density at radius 1 is 1.20 bits per heavy atom. The van der Waals surface area contributed by atoms with E-state index in [1.54, 1.807) is 25.4 Å². The Labute approximate surface area is 116 Å². The molecule has 5 heteroatoms. The van der Waals surface area contributed by atoms with Crippen molar-refractivity contribution in [2.75, 3.05) is 7.05 Å². The molecule has 0 aliphatic rings. The molecule has 100 valence electrons. The van der Waals surface area contributed by atoms with Crippen molar-refractivity contribution in [2.24, 2.45) is 0 Å². The molecule has 1 amide bonds. The average molecular weight is 266 g/mol. The van der Waals surface area contributed by atoms with E-state index >= 15 is 0 Å². The molecular weight excluding hydrogens is 252 g/mol. The highest BCUT2D eigenvalue weighted by atomic mass is 16.1. The number of pyridine rings is 1. The first-order chi connectivity index (χ1) is 9.70. The van der Waals surface area contributed by atoms with Crippen LogP contribution in [-0.4, -0.2) is 27.5 Å². The van der Waals surface area contributed by atoms with E-state index in [1.807, 2.05) is 35.8 Å². The Hall–Kier alpha value is -2.69. The molecule has 0 aliphatic carbocycles. The molecule has 1 N–H and O–H groups in total. The second-order valence-electron chi connectivity index (χ2n) is 4.47. The Bertz CT molecular complexity index is 774. The van der Waals surface area contributed by atoms with Crippen molar-refractivity contribution in [1.29, 1.82) is 0 Å². The molecule has 0 bridgehead atoms. The summed E-state index contributed by atoms with van der Waals surface area (Å²) in [4.78, 5) is 20.4. The summed E-state index contributed by atoms with van der Waals surface area (Å²) < 4.78 is 1.98. The van der Waals surface area contributed by atoms with Crippen LogP contribution in [0.15, 0.2) is 42.6 Å². The van der Waals surface area contributed by atoms with E-state index in [0.29, 0.717) is 5.56 Å². The molecule has 0 radical (unpaired) electrons. The monoisotopic (exact) mass is 266 g/mol. The third-order valence-corrected chi connectivity index (χ3v) is 3.20. The summed E-state index contributed by atoms with van der Waals surface area (Å²) in [6, 6.07) is 11.2. The molecule has 0 aliphatic heterocycles. The zero-order valence-corrected chi connectivity index (χ0v) is 11.3. The van der Waals surface area contributed by atoms with Crippen molar-refractivity contribution in [3.63, 3.8) is 0 Å². The Kier molecular flexibility index (Phi) is 2.95. The van der Waals surface area contributed by atoms with Crippen LogP contribution in [0.2, 0.25) is 0 Å². The summed E-state index contributed by atoms with van der Waals surface area (Å²) in [5.74, 6) is 0.772. The van der Waals surface area contributed by atoms with Gasteiger partial charge in [-0.3, -0.25) is 9.36 Å². The lowest BCUT2D eigenvalue weighted by molar-refractivity contribution is 0.0963. The number of aryl methyl sites for hydroxylation is 1. The summed E-state index contributed by atoms with van der Waals surface area (Å²) in [5, 5.41) is 2.61. The highest BCUT2D eigenvalue weighted by Gasteiger charge is 2.10. The third-order valence-electron chi connectivity index (χ3n) is 3.20. The van der Waals surface area contributed by atoms with Crippen LogP contribution in [-0.2, 0) is 0 Å². The number of fused-ring (bicyclic) bond motifs is 1. The number of imidazole rings is 1. The van der Waals surface area contributed by atoms with Crippen LogP contribution in [0.25, 0.3) is 16.9 Å². The molecule has 0 saturated heterocycles. The number of amides is 1. The number of rotatable bonds is 2. The molecule has 2 heterocycles. The fourth-order valence-corrected chi connectivity index (χ4v) is 2.24. The molecule has 0 fully saturated rings. The van der Waals surface area contributed by atoms with Crippen molar-refractivity contribution in [2.45, 2.75) is 6.92 Å². The second-order valence-corrected chi connectivity index (χ2v) is 4.47. The maximum Gasteiger partial charge on any atom is 0.251 e. The smallest absolute Gasteiger partial charge is 0.251 e. The van der Waals surface area contributed by atoms with Gasteiger partial charge in [0.15, 0.2) is 5.65 Å². The minimum absolute atomic E-state index is 0.0955. The highest BCUT2D eigenvalue weighted by molar-refractivity contribution is 5.94. The zero-order chi connectivity index (χ0) is 14.1. The summed E-state index contributed by atoms with van der Waals surface area (Å²) in [7, 11) is 1.62. The van der Waals surface area contributed by atoms with E-state index in [-0.39, 0.29) is 5.91 Å². The minimum Gasteiger partial charge on any atom is -0.355 e. The van der Waals surface area contributed by atoms with Gasteiger partial charge in [-0.25, -0.2) is 9.97 Å². The van der Waals surface area contributed by atoms with Gasteiger partial charge in [-0.2, -0.15) is 0 Å². The standard InChI is InChI=1S/C15H14N4O/c1-10-18-13-4-3-9-17-14(13)19(10)12-7-5-11(6-8-12)15(20)16-2/h3-9H,1-2H3,(H,16,20). The molecular formula is C15H14N4O. The van der Waals surface area contributed by atoms with Crippen molar-refractivity contribution in [3.05, 3.63) is 54.0 Å². The van der Waals surface area contributed by atoms with E-state index in [0.717, 1.165) is 22.7 Å². The first-order valence-electron chi connectivity index (χ1n) is 6.33. The van der Waals surface area contributed by atoms with Crippen LogP contribution in [0.3, 0.4) is 0 Å². The van der Waals surface area contributed by atoms with Crippen molar-refractivity contribution < 1.29 is 4.79 Å². The Morgan fingerprint density at radius 3 is 2.65 bits per heavy atom.